The third-order valence-electron chi connectivity index (χ3n) is 9.11. The van der Waals surface area contributed by atoms with Crippen LogP contribution in [-0.2, 0) is 5.41 Å². The summed E-state index contributed by atoms with van der Waals surface area (Å²) in [4.78, 5) is 5.05. The molecule has 9 rings (SSSR count). The quantitative estimate of drug-likeness (QED) is 0.210. The van der Waals surface area contributed by atoms with Crippen molar-refractivity contribution < 1.29 is 0 Å². The Morgan fingerprint density at radius 3 is 1.60 bits per heavy atom. The predicted molar refractivity (Wildman–Crippen MR) is 180 cm³/mol. The van der Waals surface area contributed by atoms with E-state index in [0.29, 0.717) is 0 Å². The Morgan fingerprint density at radius 1 is 0.395 bits per heavy atom. The van der Waals surface area contributed by atoms with Crippen molar-refractivity contribution in [1.29, 1.82) is 0 Å². The van der Waals surface area contributed by atoms with Crippen LogP contribution in [0.2, 0.25) is 0 Å². The molecule has 0 radical (unpaired) electrons. The highest BCUT2D eigenvalue weighted by atomic mass is 32.2. The van der Waals surface area contributed by atoms with Crippen molar-refractivity contribution >= 4 is 39.6 Å². The van der Waals surface area contributed by atoms with Crippen LogP contribution in [0.1, 0.15) is 22.3 Å². The fourth-order valence-corrected chi connectivity index (χ4v) is 8.82. The number of benzene rings is 7. The van der Waals surface area contributed by atoms with Crippen LogP contribution in [0, 0.1) is 0 Å². The predicted octanol–water partition coefficient (Wildman–Crippen LogP) is 11.1. The molecule has 1 nitrogen and oxygen atoms in total. The van der Waals surface area contributed by atoms with E-state index in [1.54, 1.807) is 0 Å². The van der Waals surface area contributed by atoms with E-state index in [1.165, 1.54) is 59.6 Å². The van der Waals surface area contributed by atoms with E-state index in [2.05, 4.69) is 169 Å². The molecule has 0 saturated heterocycles. The molecule has 1 spiro atoms. The number of nitrogens with zero attached hydrogens (tertiary/aromatic N) is 1. The van der Waals surface area contributed by atoms with Crippen LogP contribution in [0.4, 0.5) is 17.1 Å². The summed E-state index contributed by atoms with van der Waals surface area (Å²) >= 11 is 1.92. The van der Waals surface area contributed by atoms with Gasteiger partial charge in [0.1, 0.15) is 0 Å². The van der Waals surface area contributed by atoms with Gasteiger partial charge in [0, 0.05) is 21.2 Å². The van der Waals surface area contributed by atoms with E-state index in [9.17, 15) is 0 Å². The Labute approximate surface area is 256 Å². The first-order chi connectivity index (χ1) is 21.4. The van der Waals surface area contributed by atoms with Gasteiger partial charge in [0.15, 0.2) is 0 Å². The second kappa shape index (κ2) is 9.49. The van der Waals surface area contributed by atoms with Crippen molar-refractivity contribution in [3.63, 3.8) is 0 Å². The van der Waals surface area contributed by atoms with Crippen molar-refractivity contribution in [3.8, 4) is 11.1 Å². The third kappa shape index (κ3) is 3.42. The molecule has 1 aliphatic heterocycles. The molecule has 0 amide bonds. The molecule has 1 heterocycles. The van der Waals surface area contributed by atoms with Crippen LogP contribution in [0.25, 0.3) is 21.9 Å². The largest absolute Gasteiger partial charge is 0.309 e. The van der Waals surface area contributed by atoms with Crippen molar-refractivity contribution in [2.45, 2.75) is 15.2 Å². The Bertz CT molecular complexity index is 2080. The summed E-state index contributed by atoms with van der Waals surface area (Å²) in [7, 11) is 0. The minimum absolute atomic E-state index is 0.428. The van der Waals surface area contributed by atoms with E-state index in [0.717, 1.165) is 11.4 Å². The molecule has 0 N–H and O–H groups in total. The highest BCUT2D eigenvalue weighted by Crippen LogP contribution is 2.64. The number of hydrogen-bond acceptors (Lipinski definition) is 2. The summed E-state index contributed by atoms with van der Waals surface area (Å²) in [6.45, 7) is 0. The average molecular weight is 566 g/mol. The standard InChI is InChI=1S/C41H27NS/c1-3-15-29(16-4-1)42(30-17-5-2-6-18-30)38-25-13-24-36-40(38)43-39-31-19-8-7-14-28(31)26-27-37(39)41(36)34-22-11-9-20-32(34)33-21-10-12-23-35(33)41/h1-27H. The van der Waals surface area contributed by atoms with Gasteiger partial charge in [-0.1, -0.05) is 145 Å². The smallest absolute Gasteiger partial charge is 0.0736 e. The molecule has 0 bridgehead atoms. The van der Waals surface area contributed by atoms with Crippen LogP contribution in [-0.4, -0.2) is 0 Å². The van der Waals surface area contributed by atoms with Crippen molar-refractivity contribution in [1.82, 2.24) is 0 Å². The van der Waals surface area contributed by atoms with E-state index < -0.39 is 5.41 Å². The van der Waals surface area contributed by atoms with Crippen molar-refractivity contribution in [2.75, 3.05) is 4.90 Å². The number of hydrogen-bond donors (Lipinski definition) is 0. The lowest BCUT2D eigenvalue weighted by Gasteiger charge is -2.41. The number of para-hydroxylation sites is 2. The van der Waals surface area contributed by atoms with E-state index in [4.69, 9.17) is 0 Å². The summed E-state index contributed by atoms with van der Waals surface area (Å²) in [5, 5.41) is 2.57. The van der Waals surface area contributed by atoms with Crippen LogP contribution in [0.15, 0.2) is 174 Å². The maximum absolute atomic E-state index is 2.42. The summed E-state index contributed by atoms with van der Waals surface area (Å²) in [6.07, 6.45) is 0. The van der Waals surface area contributed by atoms with Gasteiger partial charge in [0.2, 0.25) is 0 Å². The zero-order chi connectivity index (χ0) is 28.4. The second-order valence-electron chi connectivity index (χ2n) is 11.3. The molecule has 1 aliphatic carbocycles. The van der Waals surface area contributed by atoms with E-state index in [1.807, 2.05) is 11.8 Å². The lowest BCUT2D eigenvalue weighted by atomic mass is 9.67. The highest BCUT2D eigenvalue weighted by Gasteiger charge is 2.51. The van der Waals surface area contributed by atoms with Crippen LogP contribution in [0.3, 0.4) is 0 Å². The van der Waals surface area contributed by atoms with Gasteiger partial charge >= 0.3 is 0 Å². The molecule has 0 saturated carbocycles. The molecule has 0 unspecified atom stereocenters. The summed E-state index contributed by atoms with van der Waals surface area (Å²) in [5.74, 6) is 0. The topological polar surface area (TPSA) is 3.24 Å². The minimum atomic E-state index is -0.428. The van der Waals surface area contributed by atoms with Crippen LogP contribution in [0.5, 0.6) is 0 Å². The maximum atomic E-state index is 2.42. The summed E-state index contributed by atoms with van der Waals surface area (Å²) < 4.78 is 0. The molecule has 0 fully saturated rings. The van der Waals surface area contributed by atoms with Gasteiger partial charge < -0.3 is 4.90 Å². The maximum Gasteiger partial charge on any atom is 0.0736 e. The molecule has 0 atom stereocenters. The fraction of sp³-hybridized carbons (Fsp3) is 0.0244. The summed E-state index contributed by atoms with van der Waals surface area (Å²) in [6, 6.07) is 60.1. The normalized spacial score (nSPS) is 13.7. The molecule has 0 aromatic heterocycles. The Hall–Kier alpha value is -5.05. The first-order valence-electron chi connectivity index (χ1n) is 14.8. The third-order valence-corrected chi connectivity index (χ3v) is 10.4. The molecular formula is C41H27NS. The van der Waals surface area contributed by atoms with E-state index in [-0.39, 0.29) is 0 Å². The SMILES string of the molecule is c1ccc(N(c2ccccc2)c2cccc3c2Sc2c(ccc4ccccc24)C32c3ccccc3-c3ccccc32)cc1. The zero-order valence-corrected chi connectivity index (χ0v) is 24.3. The van der Waals surface area contributed by atoms with Crippen molar-refractivity contribution in [2.24, 2.45) is 0 Å². The summed E-state index contributed by atoms with van der Waals surface area (Å²) in [5.41, 5.74) is 11.1. The second-order valence-corrected chi connectivity index (χ2v) is 12.3. The van der Waals surface area contributed by atoms with Crippen LogP contribution < -0.4 is 4.90 Å². The van der Waals surface area contributed by atoms with Crippen molar-refractivity contribution in [3.05, 3.63) is 186 Å². The number of fused-ring (bicyclic) bond motifs is 11. The zero-order valence-electron chi connectivity index (χ0n) is 23.4. The Balaban J connectivity index is 1.44. The van der Waals surface area contributed by atoms with Crippen LogP contribution >= 0.6 is 11.8 Å². The molecule has 43 heavy (non-hydrogen) atoms. The highest BCUT2D eigenvalue weighted by molar-refractivity contribution is 8.00. The average Bonchev–Trinajstić information content (AvgIpc) is 3.37. The van der Waals surface area contributed by atoms with Gasteiger partial charge in [0.25, 0.3) is 0 Å². The fourth-order valence-electron chi connectivity index (χ4n) is 7.40. The first-order valence-corrected chi connectivity index (χ1v) is 15.6. The van der Waals surface area contributed by atoms with Gasteiger partial charge in [-0.25, -0.2) is 0 Å². The number of anilines is 3. The number of rotatable bonds is 3. The van der Waals surface area contributed by atoms with Gasteiger partial charge in [-0.2, -0.15) is 0 Å². The monoisotopic (exact) mass is 565 g/mol. The van der Waals surface area contributed by atoms with Gasteiger partial charge in [-0.05, 0) is 74.5 Å². The van der Waals surface area contributed by atoms with Gasteiger partial charge in [0.05, 0.1) is 11.1 Å². The molecule has 2 aliphatic rings. The lowest BCUT2D eigenvalue weighted by Crippen LogP contribution is -2.32. The van der Waals surface area contributed by atoms with Gasteiger partial charge in [-0.3, -0.25) is 0 Å². The van der Waals surface area contributed by atoms with Gasteiger partial charge in [-0.15, -0.1) is 0 Å². The van der Waals surface area contributed by atoms with E-state index >= 15 is 0 Å². The molecule has 7 aromatic carbocycles. The molecule has 2 heteroatoms. The first kappa shape index (κ1) is 24.5. The molecule has 202 valence electrons. The Kier molecular flexibility index (Phi) is 5.41. The molecule has 7 aromatic rings. The Morgan fingerprint density at radius 2 is 0.930 bits per heavy atom. The minimum Gasteiger partial charge on any atom is -0.309 e. The lowest BCUT2D eigenvalue weighted by molar-refractivity contribution is 0.725. The molecular weight excluding hydrogens is 539 g/mol.